The Balaban J connectivity index is 3.60. The van der Waals surface area contributed by atoms with Crippen LogP contribution in [-0.2, 0) is 14.2 Å². The van der Waals surface area contributed by atoms with Gasteiger partial charge in [-0.05, 0) is 13.8 Å². The predicted octanol–water partition coefficient (Wildman–Crippen LogP) is 0.337. The summed E-state index contributed by atoms with van der Waals surface area (Å²) in [4.78, 5) is 2.29. The zero-order valence-corrected chi connectivity index (χ0v) is 11.3. The molecule has 0 aliphatic rings. The van der Waals surface area contributed by atoms with Gasteiger partial charge < -0.3 is 19.9 Å². The van der Waals surface area contributed by atoms with Crippen LogP contribution in [0.3, 0.4) is 0 Å². The lowest BCUT2D eigenvalue weighted by atomic mass is 10.4. The fourth-order valence-electron chi connectivity index (χ4n) is 1.39. The zero-order chi connectivity index (χ0) is 12.8. The largest absolute Gasteiger partial charge is 0.380 e. The molecule has 0 spiro atoms. The predicted molar refractivity (Wildman–Crippen MR) is 69.3 cm³/mol. The summed E-state index contributed by atoms with van der Waals surface area (Å²) in [5.41, 5.74) is 5.36. The van der Waals surface area contributed by atoms with Gasteiger partial charge in [0.1, 0.15) is 0 Å². The molecule has 0 amide bonds. The van der Waals surface area contributed by atoms with Crippen LogP contribution in [0.25, 0.3) is 0 Å². The van der Waals surface area contributed by atoms with Crippen molar-refractivity contribution < 1.29 is 14.2 Å². The number of hydrogen-bond acceptors (Lipinski definition) is 5. The maximum absolute atomic E-state index is 5.38. The summed E-state index contributed by atoms with van der Waals surface area (Å²) >= 11 is 0. The number of nitrogens with two attached hydrogens (primary N) is 1. The third kappa shape index (κ3) is 12.1. The van der Waals surface area contributed by atoms with Gasteiger partial charge in [-0.15, -0.1) is 0 Å². The molecular weight excluding hydrogens is 220 g/mol. The Hall–Kier alpha value is -0.200. The van der Waals surface area contributed by atoms with Crippen LogP contribution in [-0.4, -0.2) is 70.7 Å². The van der Waals surface area contributed by atoms with E-state index in [1.54, 1.807) is 0 Å². The molecule has 0 fully saturated rings. The first kappa shape index (κ1) is 16.8. The fourth-order valence-corrected chi connectivity index (χ4v) is 1.39. The molecule has 0 bridgehead atoms. The maximum Gasteiger partial charge on any atom is 0.0594 e. The lowest BCUT2D eigenvalue weighted by Crippen LogP contribution is -2.34. The van der Waals surface area contributed by atoms with Gasteiger partial charge in [-0.1, -0.05) is 0 Å². The molecule has 5 nitrogen and oxygen atoms in total. The lowest BCUT2D eigenvalue weighted by Gasteiger charge is -2.21. The van der Waals surface area contributed by atoms with E-state index in [1.807, 2.05) is 13.8 Å². The molecule has 0 aromatic heterocycles. The van der Waals surface area contributed by atoms with Crippen molar-refractivity contribution in [2.75, 3.05) is 65.8 Å². The second-order valence-electron chi connectivity index (χ2n) is 3.64. The highest BCUT2D eigenvalue weighted by atomic mass is 16.5. The molecule has 0 saturated heterocycles. The van der Waals surface area contributed by atoms with Crippen molar-refractivity contribution >= 4 is 0 Å². The summed E-state index contributed by atoms with van der Waals surface area (Å²) in [7, 11) is 0. The molecule has 17 heavy (non-hydrogen) atoms. The molecular formula is C12H28N2O3. The molecule has 2 N–H and O–H groups in total. The highest BCUT2D eigenvalue weighted by Crippen LogP contribution is 1.91. The second-order valence-corrected chi connectivity index (χ2v) is 3.64. The topological polar surface area (TPSA) is 57.0 Å². The van der Waals surface area contributed by atoms with E-state index >= 15 is 0 Å². The minimum atomic E-state index is 0.581. The Bertz CT molecular complexity index is 138. The summed E-state index contributed by atoms with van der Waals surface area (Å²) in [6, 6.07) is 0. The van der Waals surface area contributed by atoms with E-state index in [0.717, 1.165) is 52.7 Å². The van der Waals surface area contributed by atoms with Crippen molar-refractivity contribution in [1.82, 2.24) is 4.90 Å². The van der Waals surface area contributed by atoms with Gasteiger partial charge >= 0.3 is 0 Å². The van der Waals surface area contributed by atoms with Crippen LogP contribution in [0, 0.1) is 0 Å². The first-order valence-electron chi connectivity index (χ1n) is 6.50. The molecule has 0 aliphatic heterocycles. The van der Waals surface area contributed by atoms with Gasteiger partial charge in [0.2, 0.25) is 0 Å². The smallest absolute Gasteiger partial charge is 0.0594 e. The molecule has 0 rings (SSSR count). The summed E-state index contributed by atoms with van der Waals surface area (Å²) in [5, 5.41) is 0. The summed E-state index contributed by atoms with van der Waals surface area (Å²) < 4.78 is 16.1. The molecule has 0 atom stereocenters. The fraction of sp³-hybridized carbons (Fsp3) is 1.00. The monoisotopic (exact) mass is 248 g/mol. The Morgan fingerprint density at radius 1 is 0.765 bits per heavy atom. The first-order valence-corrected chi connectivity index (χ1v) is 6.50. The summed E-state index contributed by atoms with van der Waals surface area (Å²) in [5.74, 6) is 0. The van der Waals surface area contributed by atoms with Crippen molar-refractivity contribution in [2.24, 2.45) is 5.73 Å². The van der Waals surface area contributed by atoms with Gasteiger partial charge in [-0.25, -0.2) is 0 Å². The van der Waals surface area contributed by atoms with E-state index in [4.69, 9.17) is 19.9 Å². The zero-order valence-electron chi connectivity index (χ0n) is 11.3. The molecule has 104 valence electrons. The average molecular weight is 248 g/mol. The van der Waals surface area contributed by atoms with Gasteiger partial charge in [0.25, 0.3) is 0 Å². The molecule has 0 heterocycles. The SMILES string of the molecule is CCOCCN(CCOCC)CCOCCN. The third-order valence-electron chi connectivity index (χ3n) is 2.33. The van der Waals surface area contributed by atoms with Crippen molar-refractivity contribution in [2.45, 2.75) is 13.8 Å². The summed E-state index contributed by atoms with van der Waals surface area (Å²) in [6.45, 7) is 11.8. The van der Waals surface area contributed by atoms with E-state index < -0.39 is 0 Å². The molecule has 0 unspecified atom stereocenters. The first-order chi connectivity index (χ1) is 8.35. The quantitative estimate of drug-likeness (QED) is 0.476. The van der Waals surface area contributed by atoms with Crippen LogP contribution in [0.15, 0.2) is 0 Å². The van der Waals surface area contributed by atoms with E-state index in [1.165, 1.54) is 0 Å². The van der Waals surface area contributed by atoms with Crippen LogP contribution in [0.2, 0.25) is 0 Å². The van der Waals surface area contributed by atoms with E-state index in [-0.39, 0.29) is 0 Å². The highest BCUT2D eigenvalue weighted by molar-refractivity contribution is 4.57. The number of nitrogens with zero attached hydrogens (tertiary/aromatic N) is 1. The highest BCUT2D eigenvalue weighted by Gasteiger charge is 2.04. The molecule has 0 saturated carbocycles. The van der Waals surface area contributed by atoms with Gasteiger partial charge in [-0.2, -0.15) is 0 Å². The average Bonchev–Trinajstić information content (AvgIpc) is 2.34. The Kier molecular flexibility index (Phi) is 13.7. The number of ether oxygens (including phenoxy) is 3. The Morgan fingerprint density at radius 3 is 1.65 bits per heavy atom. The molecule has 0 aromatic rings. The van der Waals surface area contributed by atoms with Crippen LogP contribution in [0.1, 0.15) is 13.8 Å². The number of rotatable bonds is 13. The summed E-state index contributed by atoms with van der Waals surface area (Å²) in [6.07, 6.45) is 0. The van der Waals surface area contributed by atoms with Crippen LogP contribution in [0.4, 0.5) is 0 Å². The van der Waals surface area contributed by atoms with Crippen molar-refractivity contribution in [1.29, 1.82) is 0 Å². The lowest BCUT2D eigenvalue weighted by molar-refractivity contribution is 0.0593. The van der Waals surface area contributed by atoms with E-state index in [0.29, 0.717) is 13.2 Å². The minimum absolute atomic E-state index is 0.581. The minimum Gasteiger partial charge on any atom is -0.380 e. The van der Waals surface area contributed by atoms with Gasteiger partial charge in [0.05, 0.1) is 26.4 Å². The van der Waals surface area contributed by atoms with Crippen LogP contribution in [0.5, 0.6) is 0 Å². The standard InChI is InChI=1S/C12H28N2O3/c1-3-15-10-6-14(7-11-16-4-2)8-12-17-9-5-13/h3-13H2,1-2H3. The van der Waals surface area contributed by atoms with Crippen molar-refractivity contribution in [3.05, 3.63) is 0 Å². The van der Waals surface area contributed by atoms with Crippen molar-refractivity contribution in [3.63, 3.8) is 0 Å². The van der Waals surface area contributed by atoms with Crippen molar-refractivity contribution in [3.8, 4) is 0 Å². The van der Waals surface area contributed by atoms with E-state index in [9.17, 15) is 0 Å². The molecule has 5 heteroatoms. The Morgan fingerprint density at radius 2 is 1.24 bits per heavy atom. The van der Waals surface area contributed by atoms with Crippen LogP contribution < -0.4 is 5.73 Å². The molecule has 0 aromatic carbocycles. The third-order valence-corrected chi connectivity index (χ3v) is 2.33. The van der Waals surface area contributed by atoms with Gasteiger partial charge in [-0.3, -0.25) is 4.90 Å². The van der Waals surface area contributed by atoms with Gasteiger partial charge in [0.15, 0.2) is 0 Å². The maximum atomic E-state index is 5.38. The number of hydrogen-bond donors (Lipinski definition) is 1. The molecule has 0 radical (unpaired) electrons. The van der Waals surface area contributed by atoms with Crippen LogP contribution >= 0.6 is 0 Å². The second kappa shape index (κ2) is 13.9. The molecule has 0 aliphatic carbocycles. The van der Waals surface area contributed by atoms with E-state index in [2.05, 4.69) is 4.90 Å². The Labute approximate surface area is 105 Å². The van der Waals surface area contributed by atoms with Gasteiger partial charge in [0, 0.05) is 39.4 Å². The normalized spacial score (nSPS) is 11.3.